The van der Waals surface area contributed by atoms with E-state index in [1.807, 2.05) is 0 Å². The van der Waals surface area contributed by atoms with Gasteiger partial charge in [0.05, 0.1) is 10.3 Å². The van der Waals surface area contributed by atoms with E-state index >= 15 is 0 Å². The van der Waals surface area contributed by atoms with E-state index < -0.39 is 17.7 Å². The van der Waals surface area contributed by atoms with Crippen LogP contribution in [0.1, 0.15) is 19.8 Å². The summed E-state index contributed by atoms with van der Waals surface area (Å²) in [6.45, 7) is 1.58. The maximum atomic E-state index is 11.8. The molecule has 0 aliphatic carbocycles. The normalized spacial score (nSPS) is 10.7. The Morgan fingerprint density at radius 2 is 2.00 bits per heavy atom. The summed E-state index contributed by atoms with van der Waals surface area (Å²) in [4.78, 5) is 12.8. The van der Waals surface area contributed by atoms with Gasteiger partial charge in [-0.25, -0.2) is 0 Å². The Labute approximate surface area is 66.8 Å². The van der Waals surface area contributed by atoms with Crippen LogP contribution >= 0.6 is 0 Å². The quantitative estimate of drug-likeness (QED) is 0.401. The SMILES string of the molecule is CCCC(=O)C(=[N+]=N)C(F)(F)F. The van der Waals surface area contributed by atoms with Crippen LogP contribution in [-0.4, -0.2) is 22.5 Å². The molecule has 0 atom stereocenters. The Morgan fingerprint density at radius 3 is 2.25 bits per heavy atom. The highest BCUT2D eigenvalue weighted by Gasteiger charge is 2.50. The van der Waals surface area contributed by atoms with E-state index in [9.17, 15) is 18.0 Å². The van der Waals surface area contributed by atoms with Gasteiger partial charge in [-0.05, 0) is 6.42 Å². The largest absolute Gasteiger partial charge is 0.503 e. The van der Waals surface area contributed by atoms with Crippen LogP contribution in [-0.2, 0) is 4.79 Å². The number of alkyl halides is 3. The van der Waals surface area contributed by atoms with Crippen molar-refractivity contribution in [3.8, 4) is 0 Å². The highest BCUT2D eigenvalue weighted by Crippen LogP contribution is 2.17. The molecule has 0 aliphatic rings. The molecule has 0 radical (unpaired) electrons. The fourth-order valence-electron chi connectivity index (χ4n) is 0.629. The van der Waals surface area contributed by atoms with Crippen molar-refractivity contribution in [2.75, 3.05) is 0 Å². The molecule has 0 unspecified atom stereocenters. The summed E-state index contributed by atoms with van der Waals surface area (Å²) < 4.78 is 35.5. The molecule has 68 valence electrons. The predicted octanol–water partition coefficient (Wildman–Crippen LogP) is 1.60. The summed E-state index contributed by atoms with van der Waals surface area (Å²) in [5, 5.41) is 0. The second-order valence-corrected chi connectivity index (χ2v) is 2.13. The highest BCUT2D eigenvalue weighted by atomic mass is 19.4. The third kappa shape index (κ3) is 2.84. The number of nitrogens with one attached hydrogen (secondary N) is 1. The Kier molecular flexibility index (Phi) is 3.63. The molecule has 6 heteroatoms. The molecule has 0 spiro atoms. The van der Waals surface area contributed by atoms with Crippen molar-refractivity contribution in [2.24, 2.45) is 0 Å². The lowest BCUT2D eigenvalue weighted by Crippen LogP contribution is -2.31. The molecule has 1 N–H and O–H groups in total. The van der Waals surface area contributed by atoms with Gasteiger partial charge in [-0.3, -0.25) is 4.79 Å². The standard InChI is InChI=1S/C6H8F3N2O/c1-2-3-4(12)5(11-10)6(7,8)9/h10H,2-3H2,1H3/q+1. The number of nitrogens with zero attached hydrogens (tertiary/aromatic N) is 1. The van der Waals surface area contributed by atoms with Crippen LogP contribution in [0.25, 0.3) is 0 Å². The molecule has 12 heavy (non-hydrogen) atoms. The van der Waals surface area contributed by atoms with Gasteiger partial charge in [-0.2, -0.15) is 13.2 Å². The smallest absolute Gasteiger partial charge is 0.286 e. The van der Waals surface area contributed by atoms with Crippen molar-refractivity contribution in [1.82, 2.24) is 0 Å². The first-order valence-corrected chi connectivity index (χ1v) is 3.28. The van der Waals surface area contributed by atoms with E-state index in [1.54, 1.807) is 6.92 Å². The first-order chi connectivity index (χ1) is 5.43. The van der Waals surface area contributed by atoms with Gasteiger partial charge in [-0.1, -0.05) is 6.92 Å². The molecule has 0 saturated carbocycles. The minimum Gasteiger partial charge on any atom is -0.286 e. The molecule has 0 saturated heterocycles. The molecule has 3 nitrogen and oxygen atoms in total. The van der Waals surface area contributed by atoms with E-state index in [0.717, 1.165) is 0 Å². The van der Waals surface area contributed by atoms with Crippen LogP contribution in [0.3, 0.4) is 0 Å². The van der Waals surface area contributed by atoms with Gasteiger partial charge in [0.25, 0.3) is 5.78 Å². The first kappa shape index (κ1) is 10.8. The molecule has 0 aromatic carbocycles. The number of rotatable bonds is 3. The zero-order valence-corrected chi connectivity index (χ0v) is 6.40. The Morgan fingerprint density at radius 1 is 1.50 bits per heavy atom. The number of hydrogen-bond donors (Lipinski definition) is 1. The lowest BCUT2D eigenvalue weighted by Gasteiger charge is -1.96. The summed E-state index contributed by atoms with van der Waals surface area (Å²) in [6.07, 6.45) is -4.71. The number of carbonyl (C=O) groups is 1. The Hall–Kier alpha value is -1.16. The summed E-state index contributed by atoms with van der Waals surface area (Å²) in [5.41, 5.74) is 4.55. The van der Waals surface area contributed by atoms with E-state index in [4.69, 9.17) is 5.53 Å². The third-order valence-electron chi connectivity index (χ3n) is 1.12. The average molecular weight is 181 g/mol. The molecule has 0 amide bonds. The first-order valence-electron chi connectivity index (χ1n) is 3.28. The highest BCUT2D eigenvalue weighted by molar-refractivity contribution is 6.39. The van der Waals surface area contributed by atoms with Gasteiger partial charge < -0.3 is 0 Å². The summed E-state index contributed by atoms with van der Waals surface area (Å²) >= 11 is 0. The van der Waals surface area contributed by atoms with Crippen molar-refractivity contribution >= 4 is 11.5 Å². The lowest BCUT2D eigenvalue weighted by molar-refractivity contribution is -0.173. The molecule has 0 fully saturated rings. The van der Waals surface area contributed by atoms with Gasteiger partial charge in [-0.15, -0.1) is 0 Å². The molecule has 0 aromatic heterocycles. The van der Waals surface area contributed by atoms with Crippen LogP contribution < -0.4 is 0 Å². The van der Waals surface area contributed by atoms with Gasteiger partial charge in [0, 0.05) is 6.42 Å². The van der Waals surface area contributed by atoms with Crippen LogP contribution in [0.4, 0.5) is 13.2 Å². The fraction of sp³-hybridized carbons (Fsp3) is 0.667. The van der Waals surface area contributed by atoms with Gasteiger partial charge in [0.2, 0.25) is 0 Å². The van der Waals surface area contributed by atoms with Crippen molar-refractivity contribution < 1.29 is 22.8 Å². The van der Waals surface area contributed by atoms with Crippen LogP contribution in [0, 0.1) is 5.53 Å². The molecule has 0 rings (SSSR count). The van der Waals surface area contributed by atoms with Crippen molar-refractivity contribution in [3.63, 3.8) is 0 Å². The van der Waals surface area contributed by atoms with E-state index in [0.29, 0.717) is 6.42 Å². The number of carbonyl (C=O) groups excluding carboxylic acids is 1. The van der Waals surface area contributed by atoms with Crippen LogP contribution in [0.5, 0.6) is 0 Å². The number of Topliss-reactive ketones (excluding diaryl/α,β-unsaturated/α-hetero) is 1. The van der Waals surface area contributed by atoms with Crippen molar-refractivity contribution in [2.45, 2.75) is 25.9 Å². The zero-order chi connectivity index (χ0) is 9.78. The molecule has 0 aliphatic heterocycles. The van der Waals surface area contributed by atoms with E-state index in [2.05, 4.69) is 4.79 Å². The van der Waals surface area contributed by atoms with Crippen molar-refractivity contribution in [3.05, 3.63) is 0 Å². The van der Waals surface area contributed by atoms with Crippen LogP contribution in [0.15, 0.2) is 0 Å². The number of ketones is 1. The third-order valence-corrected chi connectivity index (χ3v) is 1.12. The molecule has 0 aromatic rings. The van der Waals surface area contributed by atoms with Gasteiger partial charge in [0.1, 0.15) is 0 Å². The zero-order valence-electron chi connectivity index (χ0n) is 6.40. The Bertz CT molecular complexity index is 227. The number of hydrogen-bond acceptors (Lipinski definition) is 2. The van der Waals surface area contributed by atoms with E-state index in [-0.39, 0.29) is 6.42 Å². The summed E-state index contributed by atoms with van der Waals surface area (Å²) in [5.74, 6) is -1.12. The molecular weight excluding hydrogens is 173 g/mol. The molecular formula is C6H8F3N2O+. The predicted molar refractivity (Wildman–Crippen MR) is 34.0 cm³/mol. The van der Waals surface area contributed by atoms with Crippen molar-refractivity contribution in [1.29, 1.82) is 5.53 Å². The second kappa shape index (κ2) is 4.01. The minimum absolute atomic E-state index is 0.225. The maximum absolute atomic E-state index is 11.8. The van der Waals surface area contributed by atoms with Gasteiger partial charge >= 0.3 is 11.9 Å². The fourth-order valence-corrected chi connectivity index (χ4v) is 0.629. The topological polar surface area (TPSA) is 55.0 Å². The Balaban J connectivity index is 4.61. The second-order valence-electron chi connectivity index (χ2n) is 2.13. The molecule has 0 heterocycles. The average Bonchev–Trinajstić information content (AvgIpc) is 1.85. The monoisotopic (exact) mass is 181 g/mol. The summed E-state index contributed by atoms with van der Waals surface area (Å²) in [7, 11) is 0. The summed E-state index contributed by atoms with van der Waals surface area (Å²) in [6, 6.07) is 0. The van der Waals surface area contributed by atoms with Gasteiger partial charge in [0.15, 0.2) is 0 Å². The number of halogens is 3. The van der Waals surface area contributed by atoms with E-state index in [1.165, 1.54) is 0 Å². The minimum atomic E-state index is -4.80. The molecule has 0 bridgehead atoms. The van der Waals surface area contributed by atoms with Crippen LogP contribution in [0.2, 0.25) is 0 Å². The lowest BCUT2D eigenvalue weighted by atomic mass is 10.1. The maximum Gasteiger partial charge on any atom is 0.503 e.